The van der Waals surface area contributed by atoms with Gasteiger partial charge < -0.3 is 19.7 Å². The van der Waals surface area contributed by atoms with E-state index >= 15 is 0 Å². The molecule has 1 saturated carbocycles. The first-order valence-corrected chi connectivity index (χ1v) is 8.54. The van der Waals surface area contributed by atoms with Crippen LogP contribution in [0.1, 0.15) is 24.8 Å². The summed E-state index contributed by atoms with van der Waals surface area (Å²) in [4.78, 5) is 17.8. The molecule has 27 heavy (non-hydrogen) atoms. The monoisotopic (exact) mass is 409 g/mol. The molecule has 2 heterocycles. The summed E-state index contributed by atoms with van der Waals surface area (Å²) in [6.07, 6.45) is 1.45. The van der Waals surface area contributed by atoms with Gasteiger partial charge in [0.1, 0.15) is 0 Å². The highest BCUT2D eigenvalue weighted by Gasteiger charge is 2.57. The van der Waals surface area contributed by atoms with Crippen LogP contribution in [0.3, 0.4) is 0 Å². The van der Waals surface area contributed by atoms with Crippen LogP contribution in [0.25, 0.3) is 0 Å². The molecule has 1 unspecified atom stereocenters. The number of carbonyl (C=O) groups is 1. The molecule has 1 aromatic rings. The quantitative estimate of drug-likeness (QED) is 0.749. The van der Waals surface area contributed by atoms with Crippen LogP contribution in [-0.4, -0.2) is 55.1 Å². The molecule has 10 heteroatoms. The van der Waals surface area contributed by atoms with Gasteiger partial charge in [-0.1, -0.05) is 0 Å². The van der Waals surface area contributed by atoms with E-state index in [-0.39, 0.29) is 55.7 Å². The van der Waals surface area contributed by atoms with Crippen LogP contribution in [0.5, 0.6) is 11.8 Å². The highest BCUT2D eigenvalue weighted by atomic mass is 35.5. The number of nitrogens with zero attached hydrogens (tertiary/aromatic N) is 2. The molecule has 2 fully saturated rings. The SMILES string of the molecule is COc1nc(OCC2CC2(F)F)c(F)cc1CN(C)C(=O)[C@@H]1CCCN1.Cl. The van der Waals surface area contributed by atoms with Gasteiger partial charge in [-0.05, 0) is 25.5 Å². The zero-order valence-corrected chi connectivity index (χ0v) is 16.0. The Hall–Kier alpha value is -1.74. The van der Waals surface area contributed by atoms with Crippen molar-refractivity contribution in [2.45, 2.75) is 37.8 Å². The van der Waals surface area contributed by atoms with E-state index < -0.39 is 17.7 Å². The number of ether oxygens (including phenoxy) is 2. The minimum absolute atomic E-state index is 0. The molecule has 1 saturated heterocycles. The van der Waals surface area contributed by atoms with Gasteiger partial charge in [0.25, 0.3) is 11.8 Å². The van der Waals surface area contributed by atoms with Crippen molar-refractivity contribution in [3.05, 3.63) is 17.4 Å². The van der Waals surface area contributed by atoms with Crippen LogP contribution < -0.4 is 14.8 Å². The third-order valence-corrected chi connectivity index (χ3v) is 4.70. The zero-order chi connectivity index (χ0) is 18.9. The van der Waals surface area contributed by atoms with Crippen molar-refractivity contribution in [1.29, 1.82) is 0 Å². The number of carbonyl (C=O) groups excluding carboxylic acids is 1. The number of likely N-dealkylation sites (N-methyl/N-ethyl adjacent to an activating group) is 1. The largest absolute Gasteiger partial charge is 0.481 e. The number of pyridine rings is 1. The first kappa shape index (κ1) is 21.6. The molecule has 2 aliphatic rings. The normalized spacial score (nSPS) is 22.7. The number of hydrogen-bond donors (Lipinski definition) is 1. The Balaban J connectivity index is 0.00000261. The van der Waals surface area contributed by atoms with Gasteiger partial charge in [0, 0.05) is 19.0 Å². The Morgan fingerprint density at radius 2 is 2.15 bits per heavy atom. The van der Waals surface area contributed by atoms with E-state index in [1.54, 1.807) is 7.05 Å². The molecule has 1 N–H and O–H groups in total. The molecule has 1 amide bonds. The molecule has 3 rings (SSSR count). The van der Waals surface area contributed by atoms with E-state index in [0.717, 1.165) is 25.5 Å². The van der Waals surface area contributed by atoms with Crippen molar-refractivity contribution in [2.24, 2.45) is 5.92 Å². The molecule has 0 bridgehead atoms. The molecule has 0 spiro atoms. The number of nitrogens with one attached hydrogen (secondary N) is 1. The molecule has 2 atom stereocenters. The lowest BCUT2D eigenvalue weighted by molar-refractivity contribution is -0.132. The van der Waals surface area contributed by atoms with E-state index in [0.29, 0.717) is 5.56 Å². The molecule has 152 valence electrons. The summed E-state index contributed by atoms with van der Waals surface area (Å²) >= 11 is 0. The molecule has 1 aliphatic heterocycles. The van der Waals surface area contributed by atoms with Gasteiger partial charge in [-0.2, -0.15) is 4.98 Å². The predicted molar refractivity (Wildman–Crippen MR) is 94.0 cm³/mol. The van der Waals surface area contributed by atoms with Crippen molar-refractivity contribution >= 4 is 18.3 Å². The summed E-state index contributed by atoms with van der Waals surface area (Å²) in [5.74, 6) is -4.77. The number of aromatic nitrogens is 1. The summed E-state index contributed by atoms with van der Waals surface area (Å²) in [5, 5.41) is 3.12. The van der Waals surface area contributed by atoms with E-state index in [2.05, 4.69) is 10.3 Å². The fourth-order valence-electron chi connectivity index (χ4n) is 3.01. The van der Waals surface area contributed by atoms with Gasteiger partial charge >= 0.3 is 0 Å². The Bertz CT molecular complexity index is 687. The lowest BCUT2D eigenvalue weighted by Crippen LogP contribution is -2.41. The molecule has 1 aliphatic carbocycles. The van der Waals surface area contributed by atoms with Crippen LogP contribution in [0.15, 0.2) is 6.07 Å². The molecule has 1 aromatic heterocycles. The molecule has 6 nitrogen and oxygen atoms in total. The smallest absolute Gasteiger partial charge is 0.255 e. The topological polar surface area (TPSA) is 63.7 Å². The lowest BCUT2D eigenvalue weighted by atomic mass is 10.2. The Morgan fingerprint density at radius 3 is 2.70 bits per heavy atom. The van der Waals surface area contributed by atoms with Crippen LogP contribution in [0, 0.1) is 11.7 Å². The van der Waals surface area contributed by atoms with Crippen molar-refractivity contribution in [3.8, 4) is 11.8 Å². The van der Waals surface area contributed by atoms with E-state index in [1.807, 2.05) is 0 Å². The number of rotatable bonds is 7. The maximum Gasteiger partial charge on any atom is 0.255 e. The summed E-state index contributed by atoms with van der Waals surface area (Å²) in [6, 6.07) is 0.935. The van der Waals surface area contributed by atoms with Gasteiger partial charge in [-0.15, -0.1) is 12.4 Å². The number of hydrogen-bond acceptors (Lipinski definition) is 5. The van der Waals surface area contributed by atoms with Crippen LogP contribution in [0.4, 0.5) is 13.2 Å². The Morgan fingerprint density at radius 1 is 1.44 bits per heavy atom. The second-order valence-corrected chi connectivity index (χ2v) is 6.76. The summed E-state index contributed by atoms with van der Waals surface area (Å²) in [5.41, 5.74) is 0.378. The van der Waals surface area contributed by atoms with E-state index in [4.69, 9.17) is 9.47 Å². The van der Waals surface area contributed by atoms with Crippen LogP contribution in [0.2, 0.25) is 0 Å². The van der Waals surface area contributed by atoms with Gasteiger partial charge in [-0.25, -0.2) is 13.2 Å². The molecular weight excluding hydrogens is 387 g/mol. The van der Waals surface area contributed by atoms with Gasteiger partial charge in [0.2, 0.25) is 11.8 Å². The highest BCUT2D eigenvalue weighted by molar-refractivity contribution is 5.85. The van der Waals surface area contributed by atoms with Crippen molar-refractivity contribution < 1.29 is 27.4 Å². The Labute approximate surface area is 161 Å². The minimum Gasteiger partial charge on any atom is -0.481 e. The highest BCUT2D eigenvalue weighted by Crippen LogP contribution is 2.48. The average Bonchev–Trinajstić information content (AvgIpc) is 3.01. The maximum atomic E-state index is 14.2. The van der Waals surface area contributed by atoms with Crippen LogP contribution >= 0.6 is 12.4 Å². The first-order chi connectivity index (χ1) is 12.3. The van der Waals surface area contributed by atoms with E-state index in [1.165, 1.54) is 12.0 Å². The van der Waals surface area contributed by atoms with Crippen molar-refractivity contribution in [3.63, 3.8) is 0 Å². The summed E-state index contributed by atoms with van der Waals surface area (Å²) in [7, 11) is 2.99. The fraction of sp³-hybridized carbons (Fsp3) is 0.647. The molecule has 0 radical (unpaired) electrons. The molecule has 0 aromatic carbocycles. The third kappa shape index (κ3) is 4.95. The summed E-state index contributed by atoms with van der Waals surface area (Å²) < 4.78 is 50.3. The van der Waals surface area contributed by atoms with Gasteiger partial charge in [-0.3, -0.25) is 4.79 Å². The predicted octanol–water partition coefficient (Wildman–Crippen LogP) is 2.40. The number of halogens is 4. The van der Waals surface area contributed by atoms with Gasteiger partial charge in [0.15, 0.2) is 5.82 Å². The van der Waals surface area contributed by atoms with Crippen molar-refractivity contribution in [1.82, 2.24) is 15.2 Å². The van der Waals surface area contributed by atoms with Crippen molar-refractivity contribution in [2.75, 3.05) is 27.3 Å². The number of alkyl halides is 2. The zero-order valence-electron chi connectivity index (χ0n) is 15.1. The minimum atomic E-state index is -2.74. The third-order valence-electron chi connectivity index (χ3n) is 4.70. The average molecular weight is 410 g/mol. The Kier molecular flexibility index (Phi) is 6.80. The second-order valence-electron chi connectivity index (χ2n) is 6.76. The van der Waals surface area contributed by atoms with Crippen LogP contribution in [-0.2, 0) is 11.3 Å². The number of methoxy groups -OCH3 is 1. The maximum absolute atomic E-state index is 14.2. The lowest BCUT2D eigenvalue weighted by Gasteiger charge is -2.22. The van der Waals surface area contributed by atoms with E-state index in [9.17, 15) is 18.0 Å². The second kappa shape index (κ2) is 8.52. The summed E-state index contributed by atoms with van der Waals surface area (Å²) in [6.45, 7) is 0.617. The first-order valence-electron chi connectivity index (χ1n) is 8.54. The number of amides is 1. The molecular formula is C17H23ClF3N3O3. The standard InChI is InChI=1S/C17H22F3N3O3.ClH/c1-23(16(24)13-4-3-5-21-13)8-10-6-12(18)15(22-14(10)25-2)26-9-11-7-17(11,19)20;/h6,11,13,21H,3-5,7-9H2,1-2H3;1H/t11?,13-;/m0./s1. The van der Waals surface area contributed by atoms with Gasteiger partial charge in [0.05, 0.1) is 32.2 Å². The fourth-order valence-corrected chi connectivity index (χ4v) is 3.01.